The van der Waals surface area contributed by atoms with Crippen LogP contribution in [-0.2, 0) is 25.8 Å². The van der Waals surface area contributed by atoms with E-state index < -0.39 is 9.84 Å². The van der Waals surface area contributed by atoms with Gasteiger partial charge in [0.2, 0.25) is 5.91 Å². The van der Waals surface area contributed by atoms with Crippen LogP contribution in [0.2, 0.25) is 0 Å². The number of ether oxygens (including phenoxy) is 1. The Labute approximate surface area is 195 Å². The van der Waals surface area contributed by atoms with Crippen molar-refractivity contribution >= 4 is 21.8 Å². The summed E-state index contributed by atoms with van der Waals surface area (Å²) >= 11 is 0. The van der Waals surface area contributed by atoms with Gasteiger partial charge in [-0.05, 0) is 63.5 Å². The largest absolute Gasteiger partial charge is 0.446 e. The summed E-state index contributed by atoms with van der Waals surface area (Å²) in [5.74, 6) is 0.119. The molecule has 1 aromatic carbocycles. The van der Waals surface area contributed by atoms with Gasteiger partial charge in [-0.25, -0.2) is 18.6 Å². The molecule has 0 bridgehead atoms. The van der Waals surface area contributed by atoms with Crippen LogP contribution in [-0.4, -0.2) is 62.0 Å². The van der Waals surface area contributed by atoms with Crippen molar-refractivity contribution in [3.8, 4) is 0 Å². The van der Waals surface area contributed by atoms with E-state index in [0.717, 1.165) is 38.5 Å². The first kappa shape index (κ1) is 24.0. The molecule has 2 aliphatic heterocycles. The molecule has 3 fully saturated rings. The van der Waals surface area contributed by atoms with E-state index in [9.17, 15) is 18.0 Å². The molecule has 4 rings (SSSR count). The molecule has 4 atom stereocenters. The molecule has 2 saturated heterocycles. The Morgan fingerprint density at radius 3 is 2.61 bits per heavy atom. The summed E-state index contributed by atoms with van der Waals surface area (Å²) in [6.07, 6.45) is 4.96. The summed E-state index contributed by atoms with van der Waals surface area (Å²) in [6.45, 7) is 4.86. The van der Waals surface area contributed by atoms with Crippen LogP contribution in [0.15, 0.2) is 29.2 Å². The molecule has 3 aliphatic rings. The smallest absolute Gasteiger partial charge is 0.410 e. The average Bonchev–Trinajstić information content (AvgIpc) is 3.36. The number of nitrogens with zero attached hydrogens (tertiary/aromatic N) is 1. The molecular weight excluding hydrogens is 444 g/mol. The minimum absolute atomic E-state index is 0.000389. The molecule has 3 N–H and O–H groups in total. The fourth-order valence-corrected chi connectivity index (χ4v) is 6.02. The first-order valence-corrected chi connectivity index (χ1v) is 13.5. The van der Waals surface area contributed by atoms with E-state index >= 15 is 0 Å². The van der Waals surface area contributed by atoms with Crippen LogP contribution < -0.4 is 16.2 Å². The quantitative estimate of drug-likeness (QED) is 0.570. The number of amides is 2. The maximum atomic E-state index is 12.6. The summed E-state index contributed by atoms with van der Waals surface area (Å²) < 4.78 is 29.7. The first-order valence-electron chi connectivity index (χ1n) is 11.6. The lowest BCUT2D eigenvalue weighted by molar-refractivity contribution is -0.121. The monoisotopic (exact) mass is 478 g/mol. The molecular formula is C23H34N4O5S. The van der Waals surface area contributed by atoms with Crippen LogP contribution in [0.3, 0.4) is 0 Å². The minimum atomic E-state index is -3.40. The molecule has 0 radical (unpaired) electrons. The highest BCUT2D eigenvalue weighted by molar-refractivity contribution is 7.90. The van der Waals surface area contributed by atoms with Gasteiger partial charge in [0.15, 0.2) is 9.84 Å². The molecule has 0 aromatic heterocycles. The van der Waals surface area contributed by atoms with E-state index in [2.05, 4.69) is 30.0 Å². The van der Waals surface area contributed by atoms with Gasteiger partial charge in [-0.3, -0.25) is 10.2 Å². The summed E-state index contributed by atoms with van der Waals surface area (Å²) in [5.41, 5.74) is 6.79. The first-order chi connectivity index (χ1) is 15.5. The van der Waals surface area contributed by atoms with E-state index in [-0.39, 0.29) is 47.2 Å². The van der Waals surface area contributed by atoms with E-state index in [4.69, 9.17) is 4.74 Å². The fraction of sp³-hybridized carbons (Fsp3) is 0.652. The van der Waals surface area contributed by atoms with Crippen LogP contribution in [0.4, 0.5) is 4.79 Å². The second kappa shape index (κ2) is 9.23. The van der Waals surface area contributed by atoms with Crippen LogP contribution >= 0.6 is 0 Å². The number of carbonyl (C=O) groups excluding carboxylic acids is 2. The average molecular weight is 479 g/mol. The molecule has 2 heterocycles. The lowest BCUT2D eigenvalue weighted by Gasteiger charge is -2.47. The zero-order valence-corrected chi connectivity index (χ0v) is 20.3. The molecule has 1 aliphatic carbocycles. The number of nitrogens with one attached hydrogen (secondary N) is 3. The van der Waals surface area contributed by atoms with Gasteiger partial charge < -0.3 is 15.0 Å². The third-order valence-electron chi connectivity index (χ3n) is 7.15. The molecule has 1 saturated carbocycles. The van der Waals surface area contributed by atoms with Crippen LogP contribution in [0.5, 0.6) is 0 Å². The summed E-state index contributed by atoms with van der Waals surface area (Å²) in [6, 6.07) is 6.75. The maximum Gasteiger partial charge on any atom is 0.410 e. The molecule has 2 unspecified atom stereocenters. The predicted octanol–water partition coefficient (Wildman–Crippen LogP) is 1.73. The highest BCUT2D eigenvalue weighted by Gasteiger charge is 2.43. The standard InChI is InChI=1S/C23H34N4O5S/c1-23(2)10-11-27(23)22(29)32-17-9-8-15(12-17)18-14-20(26-25-18)24-21(28)13-16-6-4-5-7-19(16)33(3,30)31/h4-7,15,17-18,20,25-26H,8-14H2,1-3H3,(H,24,28)/t15-,17+,18?,20?/m1/s1. The van der Waals surface area contributed by atoms with Crippen LogP contribution in [0.25, 0.3) is 0 Å². The van der Waals surface area contributed by atoms with Crippen molar-refractivity contribution in [2.24, 2.45) is 5.92 Å². The van der Waals surface area contributed by atoms with Crippen molar-refractivity contribution in [2.75, 3.05) is 12.8 Å². The van der Waals surface area contributed by atoms with E-state index in [0.29, 0.717) is 17.9 Å². The highest BCUT2D eigenvalue weighted by Crippen LogP contribution is 2.35. The van der Waals surface area contributed by atoms with Gasteiger partial charge in [0.25, 0.3) is 0 Å². The van der Waals surface area contributed by atoms with Crippen LogP contribution in [0.1, 0.15) is 51.5 Å². The summed E-state index contributed by atoms with van der Waals surface area (Å²) in [4.78, 5) is 27.0. The van der Waals surface area contributed by atoms with E-state index in [1.165, 1.54) is 6.07 Å². The van der Waals surface area contributed by atoms with Gasteiger partial charge in [0.1, 0.15) is 6.10 Å². The van der Waals surface area contributed by atoms with Crippen LogP contribution in [0, 0.1) is 5.92 Å². The second-order valence-electron chi connectivity index (χ2n) is 10.1. The number of carbonyl (C=O) groups is 2. The SMILES string of the molecule is CC1(C)CCN1C(=O)O[C@H]1CC[C@@H](C2CC(NC(=O)Cc3ccccc3S(C)(=O)=O)NN2)C1. The Morgan fingerprint density at radius 2 is 1.94 bits per heavy atom. The Hall–Kier alpha value is -2.17. The fourth-order valence-electron chi connectivity index (χ4n) is 5.08. The third-order valence-corrected chi connectivity index (χ3v) is 8.35. The molecule has 0 spiro atoms. The lowest BCUT2D eigenvalue weighted by atomic mass is 9.90. The second-order valence-corrected chi connectivity index (χ2v) is 12.1. The van der Waals surface area contributed by atoms with Gasteiger partial charge in [-0.2, -0.15) is 0 Å². The highest BCUT2D eigenvalue weighted by atomic mass is 32.2. The molecule has 182 valence electrons. The van der Waals surface area contributed by atoms with Gasteiger partial charge >= 0.3 is 6.09 Å². The molecule has 33 heavy (non-hydrogen) atoms. The van der Waals surface area contributed by atoms with Gasteiger partial charge in [-0.1, -0.05) is 18.2 Å². The number of benzene rings is 1. The Morgan fingerprint density at radius 1 is 1.18 bits per heavy atom. The van der Waals surface area contributed by atoms with Crippen molar-refractivity contribution < 1.29 is 22.7 Å². The lowest BCUT2D eigenvalue weighted by Crippen LogP contribution is -2.58. The number of sulfone groups is 1. The Kier molecular flexibility index (Phi) is 6.70. The molecule has 1 aromatic rings. The van der Waals surface area contributed by atoms with Crippen molar-refractivity contribution in [2.45, 2.75) is 81.1 Å². The zero-order chi connectivity index (χ0) is 23.8. The number of likely N-dealkylation sites (tertiary alicyclic amines) is 1. The normalized spacial score (nSPS) is 28.9. The maximum absolute atomic E-state index is 12.6. The summed E-state index contributed by atoms with van der Waals surface area (Å²) in [5, 5.41) is 2.94. The number of hydrogen-bond acceptors (Lipinski definition) is 7. The van der Waals surface area contributed by atoms with Gasteiger partial charge in [-0.15, -0.1) is 0 Å². The third kappa shape index (κ3) is 5.50. The van der Waals surface area contributed by atoms with Crippen molar-refractivity contribution in [1.82, 2.24) is 21.1 Å². The Bertz CT molecular complexity index is 1010. The van der Waals surface area contributed by atoms with E-state index in [1.807, 2.05) is 0 Å². The van der Waals surface area contributed by atoms with Gasteiger partial charge in [0, 0.05) is 24.4 Å². The zero-order valence-electron chi connectivity index (χ0n) is 19.5. The van der Waals surface area contributed by atoms with Crippen molar-refractivity contribution in [3.63, 3.8) is 0 Å². The summed E-state index contributed by atoms with van der Waals surface area (Å²) in [7, 11) is -3.40. The molecule has 2 amide bonds. The number of rotatable bonds is 6. The Balaban J connectivity index is 1.24. The van der Waals surface area contributed by atoms with E-state index in [1.54, 1.807) is 23.1 Å². The number of hydrogen-bond donors (Lipinski definition) is 3. The minimum Gasteiger partial charge on any atom is -0.446 e. The van der Waals surface area contributed by atoms with Gasteiger partial charge in [0.05, 0.1) is 17.5 Å². The van der Waals surface area contributed by atoms with Crippen molar-refractivity contribution in [1.29, 1.82) is 0 Å². The topological polar surface area (TPSA) is 117 Å². The number of hydrazine groups is 1. The molecule has 10 heteroatoms. The molecule has 9 nitrogen and oxygen atoms in total. The van der Waals surface area contributed by atoms with Crippen molar-refractivity contribution in [3.05, 3.63) is 29.8 Å². The predicted molar refractivity (Wildman–Crippen MR) is 123 cm³/mol.